The van der Waals surface area contributed by atoms with E-state index in [1.165, 1.54) is 16.8 Å². The maximum atomic E-state index is 14.0. The fourth-order valence-corrected chi connectivity index (χ4v) is 3.65. The second kappa shape index (κ2) is 10.5. The predicted octanol–water partition coefficient (Wildman–Crippen LogP) is 5.12. The first-order valence-electron chi connectivity index (χ1n) is 11.0. The number of tetrazole rings is 1. The van der Waals surface area contributed by atoms with Crippen LogP contribution in [-0.2, 0) is 18.5 Å². The number of aryl methyl sites for hydroxylation is 1. The van der Waals surface area contributed by atoms with Gasteiger partial charge in [-0.2, -0.15) is 0 Å². The predicted molar refractivity (Wildman–Crippen MR) is 132 cm³/mol. The van der Waals surface area contributed by atoms with Crippen molar-refractivity contribution in [1.29, 1.82) is 0 Å². The van der Waals surface area contributed by atoms with E-state index in [2.05, 4.69) is 30.9 Å². The van der Waals surface area contributed by atoms with Crippen LogP contribution in [0.5, 0.6) is 11.5 Å². The minimum atomic E-state index is -0.475. The molecule has 0 saturated carbocycles. The third kappa shape index (κ3) is 5.16. The number of ether oxygens (including phenoxy) is 1. The van der Waals surface area contributed by atoms with E-state index in [4.69, 9.17) is 25.6 Å². The van der Waals surface area contributed by atoms with Crippen molar-refractivity contribution in [1.82, 2.24) is 30.4 Å². The summed E-state index contributed by atoms with van der Waals surface area (Å²) < 4.78 is 26.9. The van der Waals surface area contributed by atoms with Gasteiger partial charge < -0.3 is 14.0 Å². The van der Waals surface area contributed by atoms with E-state index in [9.17, 15) is 4.39 Å². The largest absolute Gasteiger partial charge is 0.454 e. The molecule has 0 spiro atoms. The maximum absolute atomic E-state index is 14.0. The monoisotopic (exact) mass is 519 g/mol. The van der Waals surface area contributed by atoms with E-state index in [0.717, 1.165) is 5.56 Å². The van der Waals surface area contributed by atoms with Crippen LogP contribution >= 0.6 is 11.6 Å². The van der Waals surface area contributed by atoms with Crippen molar-refractivity contribution >= 4 is 17.3 Å². The Balaban J connectivity index is 1.33. The lowest BCUT2D eigenvalue weighted by Crippen LogP contribution is -2.12. The smallest absolute Gasteiger partial charge is 0.257 e. The van der Waals surface area contributed by atoms with Crippen molar-refractivity contribution in [2.45, 2.75) is 13.5 Å². The molecular formula is C25H19ClFN7O3. The average molecular weight is 520 g/mol. The second-order valence-corrected chi connectivity index (χ2v) is 8.17. The fraction of sp³-hybridized carbons (Fsp3) is 0.120. The highest BCUT2D eigenvalue weighted by molar-refractivity contribution is 6.34. The molecule has 2 heterocycles. The molecule has 0 atom stereocenters. The number of hydrogen-bond donors (Lipinski definition) is 0. The molecular weight excluding hydrogens is 501 g/mol. The lowest BCUT2D eigenvalue weighted by Gasteiger charge is -2.12. The lowest BCUT2D eigenvalue weighted by atomic mass is 10.1. The van der Waals surface area contributed by atoms with E-state index in [-0.39, 0.29) is 24.1 Å². The third-order valence-corrected chi connectivity index (χ3v) is 5.80. The highest BCUT2D eigenvalue weighted by atomic mass is 35.5. The van der Waals surface area contributed by atoms with Crippen LogP contribution in [0.2, 0.25) is 5.02 Å². The van der Waals surface area contributed by atoms with Crippen LogP contribution in [-0.4, -0.2) is 36.1 Å². The Morgan fingerprint density at radius 3 is 2.54 bits per heavy atom. The zero-order chi connectivity index (χ0) is 25.8. The SMILES string of the molecule is Cc1c(Oc2ccccc2F)ccc(-c2nnc(CO/N=C(/c3ccccc3)c3nnnn3C)o2)c1Cl. The van der Waals surface area contributed by atoms with Crippen LogP contribution in [0.3, 0.4) is 0 Å². The number of benzene rings is 3. The summed E-state index contributed by atoms with van der Waals surface area (Å²) in [6.45, 7) is 1.66. The number of para-hydroxylation sites is 1. The normalized spacial score (nSPS) is 11.5. The minimum Gasteiger partial charge on any atom is -0.454 e. The Labute approximate surface area is 215 Å². The summed E-state index contributed by atoms with van der Waals surface area (Å²) >= 11 is 6.56. The number of rotatable bonds is 8. The van der Waals surface area contributed by atoms with Crippen molar-refractivity contribution in [3.8, 4) is 23.0 Å². The summed E-state index contributed by atoms with van der Waals surface area (Å²) in [7, 11) is 1.70. The van der Waals surface area contributed by atoms with E-state index < -0.39 is 5.82 Å². The van der Waals surface area contributed by atoms with Gasteiger partial charge in [0.1, 0.15) is 5.75 Å². The van der Waals surface area contributed by atoms with Crippen molar-refractivity contribution in [2.75, 3.05) is 0 Å². The summed E-state index contributed by atoms with van der Waals surface area (Å²) in [6, 6.07) is 18.8. The van der Waals surface area contributed by atoms with Gasteiger partial charge in [-0.25, -0.2) is 9.07 Å². The molecule has 2 aromatic heterocycles. The van der Waals surface area contributed by atoms with Gasteiger partial charge in [0.25, 0.3) is 5.89 Å². The molecule has 0 amide bonds. The van der Waals surface area contributed by atoms with Crippen LogP contribution in [0.25, 0.3) is 11.5 Å². The maximum Gasteiger partial charge on any atom is 0.257 e. The van der Waals surface area contributed by atoms with E-state index in [1.54, 1.807) is 38.2 Å². The number of halogens is 2. The molecule has 0 aliphatic rings. The van der Waals surface area contributed by atoms with Crippen LogP contribution in [0.4, 0.5) is 4.39 Å². The Morgan fingerprint density at radius 2 is 1.78 bits per heavy atom. The van der Waals surface area contributed by atoms with Gasteiger partial charge >= 0.3 is 0 Å². The summed E-state index contributed by atoms with van der Waals surface area (Å²) in [4.78, 5) is 5.51. The molecule has 10 nitrogen and oxygen atoms in total. The average Bonchev–Trinajstić information content (AvgIpc) is 3.55. The molecule has 0 unspecified atom stereocenters. The molecule has 37 heavy (non-hydrogen) atoms. The fourth-order valence-electron chi connectivity index (χ4n) is 3.41. The molecule has 0 fully saturated rings. The number of hydrogen-bond acceptors (Lipinski definition) is 9. The van der Waals surface area contributed by atoms with Crippen LogP contribution in [0, 0.1) is 12.7 Å². The Bertz CT molecular complexity index is 1570. The molecule has 0 bridgehead atoms. The molecule has 0 saturated heterocycles. The molecule has 12 heteroatoms. The van der Waals surface area contributed by atoms with Gasteiger partial charge in [-0.15, -0.1) is 15.3 Å². The Kier molecular flexibility index (Phi) is 6.86. The van der Waals surface area contributed by atoms with Gasteiger partial charge in [0.2, 0.25) is 11.7 Å². The van der Waals surface area contributed by atoms with E-state index in [0.29, 0.717) is 33.4 Å². The van der Waals surface area contributed by atoms with Crippen molar-refractivity contribution in [3.05, 3.63) is 100 Å². The van der Waals surface area contributed by atoms with Gasteiger partial charge in [-0.05, 0) is 41.6 Å². The minimum absolute atomic E-state index is 0.0965. The standard InChI is InChI=1S/C25H19ClFN7O3/c1-15-19(36-20-11-7-6-10-18(20)27)13-12-17(22(15)26)25-30-28-21(37-25)14-35-31-23(16-8-4-3-5-9-16)24-29-32-33-34(24)2/h3-13H,14H2,1-2H3/b31-23-. The van der Waals surface area contributed by atoms with Crippen LogP contribution in [0.1, 0.15) is 22.8 Å². The van der Waals surface area contributed by atoms with Gasteiger partial charge in [-0.3, -0.25) is 0 Å². The first-order chi connectivity index (χ1) is 18.0. The molecule has 5 aromatic rings. The first kappa shape index (κ1) is 24.1. The zero-order valence-corrected chi connectivity index (χ0v) is 20.4. The Hall–Kier alpha value is -4.64. The van der Waals surface area contributed by atoms with Crippen LogP contribution < -0.4 is 4.74 Å². The molecule has 0 aliphatic heterocycles. The molecule has 0 N–H and O–H groups in total. The van der Waals surface area contributed by atoms with Crippen LogP contribution in [0.15, 0.2) is 76.3 Å². The van der Waals surface area contributed by atoms with Gasteiger partial charge in [0.05, 0.1) is 10.6 Å². The quantitative estimate of drug-likeness (QED) is 0.205. The summed E-state index contributed by atoms with van der Waals surface area (Å²) in [5.74, 6) is 0.827. The van der Waals surface area contributed by atoms with Gasteiger partial charge in [0, 0.05) is 18.2 Å². The topological polar surface area (TPSA) is 113 Å². The lowest BCUT2D eigenvalue weighted by molar-refractivity contribution is 0.111. The third-order valence-electron chi connectivity index (χ3n) is 5.31. The molecule has 3 aromatic carbocycles. The molecule has 5 rings (SSSR count). The Morgan fingerprint density at radius 1 is 1.00 bits per heavy atom. The van der Waals surface area contributed by atoms with Crippen molar-refractivity contribution < 1.29 is 18.4 Å². The first-order valence-corrected chi connectivity index (χ1v) is 11.4. The summed E-state index contributed by atoms with van der Waals surface area (Å²) in [6.07, 6.45) is 0. The zero-order valence-electron chi connectivity index (χ0n) is 19.7. The van der Waals surface area contributed by atoms with Gasteiger partial charge in [0.15, 0.2) is 23.9 Å². The van der Waals surface area contributed by atoms with Crippen molar-refractivity contribution in [2.24, 2.45) is 12.2 Å². The molecule has 0 radical (unpaired) electrons. The number of oxime groups is 1. The molecule has 0 aliphatic carbocycles. The van der Waals surface area contributed by atoms with Gasteiger partial charge in [-0.1, -0.05) is 59.2 Å². The number of aromatic nitrogens is 6. The summed E-state index contributed by atoms with van der Waals surface area (Å²) in [5, 5.41) is 24.2. The number of nitrogens with zero attached hydrogens (tertiary/aromatic N) is 7. The second-order valence-electron chi connectivity index (χ2n) is 7.79. The highest BCUT2D eigenvalue weighted by Gasteiger charge is 2.18. The molecule has 186 valence electrons. The van der Waals surface area contributed by atoms with E-state index in [1.807, 2.05) is 30.3 Å². The van der Waals surface area contributed by atoms with E-state index >= 15 is 0 Å². The van der Waals surface area contributed by atoms with Crippen molar-refractivity contribution in [3.63, 3.8) is 0 Å². The highest BCUT2D eigenvalue weighted by Crippen LogP contribution is 2.37. The summed E-state index contributed by atoms with van der Waals surface area (Å²) in [5.41, 5.74) is 2.30.